The number of thioether (sulfide) groups is 1. The van der Waals surface area contributed by atoms with Gasteiger partial charge in [0.15, 0.2) is 5.12 Å². The Hall–Kier alpha value is -0.880. The second-order valence-corrected chi connectivity index (χ2v) is 5.73. The molecule has 3 saturated heterocycles. The van der Waals surface area contributed by atoms with E-state index in [2.05, 4.69) is 4.74 Å². The number of cyclic esters (lactones) is 2. The van der Waals surface area contributed by atoms with Gasteiger partial charge >= 0.3 is 11.9 Å². The summed E-state index contributed by atoms with van der Waals surface area (Å²) in [4.78, 5) is 33.9. The maximum atomic E-state index is 11.5. The quantitative estimate of drug-likeness (QED) is 0.480. The molecular formula is C10H10O5S. The smallest absolute Gasteiger partial charge is 0.320 e. The van der Waals surface area contributed by atoms with Crippen molar-refractivity contribution in [3.8, 4) is 0 Å². The third-order valence-electron chi connectivity index (χ3n) is 3.37. The second-order valence-electron chi connectivity index (χ2n) is 4.31. The molecule has 86 valence electrons. The van der Waals surface area contributed by atoms with Gasteiger partial charge in [0.25, 0.3) is 0 Å². The molecule has 0 aliphatic carbocycles. The summed E-state index contributed by atoms with van der Waals surface area (Å²) < 4.78 is 10.2. The molecule has 0 saturated carbocycles. The number of esters is 2. The van der Waals surface area contributed by atoms with Gasteiger partial charge in [0.05, 0.1) is 18.1 Å². The standard InChI is InChI=1S/C10H10O5S/c1-3(11)16-5-2-4-6-7(8(5)14-4)10(13)15-9(6)12/h4-8H,2H2,1H3. The first kappa shape index (κ1) is 10.3. The highest BCUT2D eigenvalue weighted by Crippen LogP contribution is 2.51. The van der Waals surface area contributed by atoms with E-state index in [0.717, 1.165) is 0 Å². The number of fused-ring (bicyclic) bond motifs is 5. The van der Waals surface area contributed by atoms with Gasteiger partial charge < -0.3 is 9.47 Å². The summed E-state index contributed by atoms with van der Waals surface area (Å²) in [6.07, 6.45) is 0.0759. The largest absolute Gasteiger partial charge is 0.393 e. The topological polar surface area (TPSA) is 69.7 Å². The van der Waals surface area contributed by atoms with E-state index in [9.17, 15) is 14.4 Å². The van der Waals surface area contributed by atoms with Gasteiger partial charge in [-0.2, -0.15) is 0 Å². The molecule has 5 unspecified atom stereocenters. The summed E-state index contributed by atoms with van der Waals surface area (Å²) in [7, 11) is 0. The molecule has 0 aromatic carbocycles. The van der Waals surface area contributed by atoms with E-state index in [0.29, 0.717) is 6.42 Å². The van der Waals surface area contributed by atoms with Gasteiger partial charge in [-0.15, -0.1) is 0 Å². The van der Waals surface area contributed by atoms with Gasteiger partial charge in [-0.1, -0.05) is 11.8 Å². The van der Waals surface area contributed by atoms with Gasteiger partial charge in [0, 0.05) is 12.2 Å². The number of hydrogen-bond acceptors (Lipinski definition) is 6. The fourth-order valence-corrected chi connectivity index (χ4v) is 3.91. The highest BCUT2D eigenvalue weighted by Gasteiger charge is 2.64. The fraction of sp³-hybridized carbons (Fsp3) is 0.700. The first-order chi connectivity index (χ1) is 7.58. The number of hydrogen-bond donors (Lipinski definition) is 0. The van der Waals surface area contributed by atoms with Crippen molar-refractivity contribution in [3.63, 3.8) is 0 Å². The molecule has 2 bridgehead atoms. The summed E-state index contributed by atoms with van der Waals surface area (Å²) in [5.74, 6) is -1.87. The van der Waals surface area contributed by atoms with Crippen molar-refractivity contribution in [2.75, 3.05) is 0 Å². The van der Waals surface area contributed by atoms with E-state index < -0.39 is 23.8 Å². The van der Waals surface area contributed by atoms with Crippen molar-refractivity contribution in [3.05, 3.63) is 0 Å². The van der Waals surface area contributed by atoms with E-state index >= 15 is 0 Å². The molecule has 5 nitrogen and oxygen atoms in total. The van der Waals surface area contributed by atoms with E-state index in [1.165, 1.54) is 18.7 Å². The zero-order chi connectivity index (χ0) is 11.4. The van der Waals surface area contributed by atoms with Crippen molar-refractivity contribution < 1.29 is 23.9 Å². The molecule has 3 heterocycles. The number of ether oxygens (including phenoxy) is 2. The Morgan fingerprint density at radius 3 is 2.69 bits per heavy atom. The summed E-state index contributed by atoms with van der Waals surface area (Å²) >= 11 is 1.19. The van der Waals surface area contributed by atoms with Crippen LogP contribution in [-0.2, 0) is 23.9 Å². The molecule has 3 aliphatic heterocycles. The molecular weight excluding hydrogens is 232 g/mol. The lowest BCUT2D eigenvalue weighted by molar-refractivity contribution is -0.156. The predicted molar refractivity (Wildman–Crippen MR) is 53.4 cm³/mol. The number of carbonyl (C=O) groups is 3. The Balaban J connectivity index is 1.84. The zero-order valence-electron chi connectivity index (χ0n) is 8.54. The lowest BCUT2D eigenvalue weighted by Gasteiger charge is -2.22. The highest BCUT2D eigenvalue weighted by molar-refractivity contribution is 8.14. The van der Waals surface area contributed by atoms with Crippen molar-refractivity contribution in [1.29, 1.82) is 0 Å². The monoisotopic (exact) mass is 242 g/mol. The summed E-state index contributed by atoms with van der Waals surface area (Å²) in [6.45, 7) is 1.49. The van der Waals surface area contributed by atoms with Crippen LogP contribution in [0.4, 0.5) is 0 Å². The van der Waals surface area contributed by atoms with Gasteiger partial charge in [0.2, 0.25) is 0 Å². The van der Waals surface area contributed by atoms with Crippen molar-refractivity contribution in [2.24, 2.45) is 11.8 Å². The molecule has 3 aliphatic rings. The maximum Gasteiger partial charge on any atom is 0.320 e. The van der Waals surface area contributed by atoms with Gasteiger partial charge in [-0.25, -0.2) is 0 Å². The molecule has 0 radical (unpaired) electrons. The minimum Gasteiger partial charge on any atom is -0.393 e. The third-order valence-corrected chi connectivity index (χ3v) is 4.46. The molecule has 3 rings (SSSR count). The van der Waals surface area contributed by atoms with Crippen LogP contribution in [0.25, 0.3) is 0 Å². The van der Waals surface area contributed by atoms with Gasteiger partial charge in [0.1, 0.15) is 5.92 Å². The highest BCUT2D eigenvalue weighted by atomic mass is 32.2. The Bertz CT molecular complexity index is 393. The SMILES string of the molecule is CC(=O)SC1CC2OC1C1C(=O)OC(=O)C21. The lowest BCUT2D eigenvalue weighted by atomic mass is 9.81. The summed E-state index contributed by atoms with van der Waals surface area (Å²) in [5, 5.41) is -0.00223. The van der Waals surface area contributed by atoms with E-state index in [1.807, 2.05) is 0 Å². The Kier molecular flexibility index (Phi) is 2.12. The van der Waals surface area contributed by atoms with E-state index in [1.54, 1.807) is 0 Å². The van der Waals surface area contributed by atoms with Crippen LogP contribution in [-0.4, -0.2) is 34.5 Å². The second kappa shape index (κ2) is 3.30. The minimum atomic E-state index is -0.489. The van der Waals surface area contributed by atoms with Gasteiger partial charge in [-0.05, 0) is 6.42 Å². The van der Waals surface area contributed by atoms with Crippen LogP contribution in [0.3, 0.4) is 0 Å². The Morgan fingerprint density at radius 1 is 1.31 bits per heavy atom. The van der Waals surface area contributed by atoms with Crippen LogP contribution in [0.2, 0.25) is 0 Å². The van der Waals surface area contributed by atoms with Crippen molar-refractivity contribution >= 4 is 28.8 Å². The van der Waals surface area contributed by atoms with Crippen molar-refractivity contribution in [2.45, 2.75) is 30.8 Å². The maximum absolute atomic E-state index is 11.5. The molecule has 16 heavy (non-hydrogen) atoms. The fourth-order valence-electron chi connectivity index (χ4n) is 2.83. The van der Waals surface area contributed by atoms with Gasteiger partial charge in [-0.3, -0.25) is 14.4 Å². The van der Waals surface area contributed by atoms with E-state index in [4.69, 9.17) is 4.74 Å². The molecule has 6 heteroatoms. The Labute approximate surface area is 95.8 Å². The molecule has 0 spiro atoms. The molecule has 0 aromatic heterocycles. The molecule has 0 aromatic rings. The van der Waals surface area contributed by atoms with Crippen LogP contribution < -0.4 is 0 Å². The molecule has 3 fully saturated rings. The molecule has 0 amide bonds. The van der Waals surface area contributed by atoms with Crippen LogP contribution in [0.15, 0.2) is 0 Å². The predicted octanol–water partition coefficient (Wildman–Crippen LogP) is 0.122. The molecule has 0 N–H and O–H groups in total. The first-order valence-corrected chi connectivity index (χ1v) is 6.04. The van der Waals surface area contributed by atoms with Crippen LogP contribution in [0.1, 0.15) is 13.3 Å². The average molecular weight is 242 g/mol. The third kappa shape index (κ3) is 1.26. The van der Waals surface area contributed by atoms with E-state index in [-0.39, 0.29) is 22.6 Å². The summed E-state index contributed by atoms with van der Waals surface area (Å²) in [5.41, 5.74) is 0. The summed E-state index contributed by atoms with van der Waals surface area (Å²) in [6, 6.07) is 0. The van der Waals surface area contributed by atoms with Crippen LogP contribution >= 0.6 is 11.8 Å². The first-order valence-electron chi connectivity index (χ1n) is 5.16. The van der Waals surface area contributed by atoms with Crippen molar-refractivity contribution in [1.82, 2.24) is 0 Å². The number of carbonyl (C=O) groups excluding carboxylic acids is 3. The molecule has 5 atom stereocenters. The lowest BCUT2D eigenvalue weighted by Crippen LogP contribution is -2.37. The normalized spacial score (nSPS) is 44.7. The van der Waals surface area contributed by atoms with Crippen LogP contribution in [0, 0.1) is 11.8 Å². The number of rotatable bonds is 1. The Morgan fingerprint density at radius 2 is 2.00 bits per heavy atom. The minimum absolute atomic E-state index is 0.00962. The zero-order valence-corrected chi connectivity index (χ0v) is 9.36. The average Bonchev–Trinajstić information content (AvgIpc) is 2.78. The van der Waals surface area contributed by atoms with Crippen LogP contribution in [0.5, 0.6) is 0 Å².